The van der Waals surface area contributed by atoms with Crippen LogP contribution in [-0.4, -0.2) is 55.7 Å². The van der Waals surface area contributed by atoms with Crippen molar-refractivity contribution in [3.8, 4) is 23.5 Å². The Kier molecular flexibility index (Phi) is 6.98. The number of rotatable bonds is 5. The van der Waals surface area contributed by atoms with E-state index in [0.717, 1.165) is 11.1 Å². The molecule has 1 aliphatic heterocycles. The van der Waals surface area contributed by atoms with Gasteiger partial charge in [-0.15, -0.1) is 11.9 Å². The molecule has 2 aliphatic rings. The molecular weight excluding hydrogens is 488 g/mol. The molecule has 3 aromatic carbocycles. The van der Waals surface area contributed by atoms with Gasteiger partial charge in [0.05, 0.1) is 0 Å². The van der Waals surface area contributed by atoms with Crippen molar-refractivity contribution in [1.82, 2.24) is 9.80 Å². The minimum Gasteiger partial charge on any atom is -0.448 e. The smallest absolute Gasteiger partial charge is 0.448 e. The van der Waals surface area contributed by atoms with Gasteiger partial charge in [0, 0.05) is 44.2 Å². The lowest BCUT2D eigenvalue weighted by atomic mass is 9.71. The van der Waals surface area contributed by atoms with Crippen LogP contribution in [0.25, 0.3) is 11.1 Å². The standard InChI is InChI=1S/C30H29BF3N2O2/c1-4-22-17-23(21(3)29(20(22)2)31(32,33)34)18-35-13-15-36(16-14-35)30(37)38-19-28-26-11-7-5-9-24(26)25-10-6-8-12-27(25)28/h1,5-12,17,28H,13-16,18-19H2,2-3H3/q-1. The SMILES string of the molecule is C#Cc1cc(CN2CCN(C(=O)OCC3c4ccccc4-c4ccccc43)CC2)c(C)c([B-](F)(F)F)c1C. The lowest BCUT2D eigenvalue weighted by Gasteiger charge is -2.35. The number of halogens is 3. The number of hydrogen-bond acceptors (Lipinski definition) is 3. The molecule has 5 rings (SSSR count). The van der Waals surface area contributed by atoms with Gasteiger partial charge in [-0.1, -0.05) is 65.6 Å². The van der Waals surface area contributed by atoms with Crippen LogP contribution in [0.15, 0.2) is 54.6 Å². The Bertz CT molecular complexity index is 1380. The molecule has 0 atom stereocenters. The first-order chi connectivity index (χ1) is 18.2. The highest BCUT2D eigenvalue weighted by Gasteiger charge is 2.33. The Balaban J connectivity index is 1.21. The maximum absolute atomic E-state index is 13.8. The topological polar surface area (TPSA) is 32.8 Å². The minimum atomic E-state index is -5.18. The normalized spacial score (nSPS) is 15.6. The molecule has 0 spiro atoms. The largest absolute Gasteiger partial charge is 0.510 e. The monoisotopic (exact) mass is 517 g/mol. The Morgan fingerprint density at radius 1 is 0.974 bits per heavy atom. The van der Waals surface area contributed by atoms with Crippen molar-refractivity contribution in [2.24, 2.45) is 0 Å². The molecule has 8 heteroatoms. The first-order valence-corrected chi connectivity index (χ1v) is 12.8. The molecule has 0 unspecified atom stereocenters. The second kappa shape index (κ2) is 10.2. The molecule has 0 N–H and O–H groups in total. The molecule has 4 nitrogen and oxygen atoms in total. The second-order valence-corrected chi connectivity index (χ2v) is 10.0. The predicted molar refractivity (Wildman–Crippen MR) is 144 cm³/mol. The summed E-state index contributed by atoms with van der Waals surface area (Å²) in [5, 5.41) is 0. The van der Waals surface area contributed by atoms with Crippen molar-refractivity contribution in [1.29, 1.82) is 0 Å². The zero-order valence-corrected chi connectivity index (χ0v) is 21.5. The molecule has 1 saturated heterocycles. The van der Waals surface area contributed by atoms with Crippen molar-refractivity contribution < 1.29 is 22.5 Å². The molecule has 38 heavy (non-hydrogen) atoms. The van der Waals surface area contributed by atoms with Crippen LogP contribution in [0.1, 0.15) is 39.3 Å². The first-order valence-electron chi connectivity index (χ1n) is 12.8. The molecule has 0 aromatic heterocycles. The van der Waals surface area contributed by atoms with Crippen LogP contribution in [0.2, 0.25) is 0 Å². The summed E-state index contributed by atoms with van der Waals surface area (Å²) in [4.78, 5) is 16.6. The van der Waals surface area contributed by atoms with E-state index in [4.69, 9.17) is 11.2 Å². The molecule has 0 radical (unpaired) electrons. The van der Waals surface area contributed by atoms with Gasteiger partial charge in [-0.3, -0.25) is 4.90 Å². The van der Waals surface area contributed by atoms with Gasteiger partial charge in [0.15, 0.2) is 0 Å². The number of terminal acetylenes is 1. The van der Waals surface area contributed by atoms with E-state index in [9.17, 15) is 17.7 Å². The minimum absolute atomic E-state index is 0.00747. The second-order valence-electron chi connectivity index (χ2n) is 10.0. The van der Waals surface area contributed by atoms with Gasteiger partial charge in [-0.2, -0.15) is 0 Å². The number of fused-ring (bicyclic) bond motifs is 3. The summed E-state index contributed by atoms with van der Waals surface area (Å²) < 4.78 is 47.2. The number of nitrogens with zero attached hydrogens (tertiary/aromatic N) is 2. The fourth-order valence-corrected chi connectivity index (χ4v) is 5.81. The van der Waals surface area contributed by atoms with Crippen molar-refractivity contribution in [2.75, 3.05) is 32.8 Å². The van der Waals surface area contributed by atoms with E-state index in [-0.39, 0.29) is 35.3 Å². The average molecular weight is 517 g/mol. The predicted octanol–water partition coefficient (Wildman–Crippen LogP) is 5.41. The van der Waals surface area contributed by atoms with E-state index in [1.165, 1.54) is 25.0 Å². The maximum atomic E-state index is 13.8. The molecule has 1 heterocycles. The van der Waals surface area contributed by atoms with Gasteiger partial charge >= 0.3 is 13.1 Å². The van der Waals surface area contributed by atoms with Gasteiger partial charge in [-0.25, -0.2) is 4.79 Å². The van der Waals surface area contributed by atoms with Crippen molar-refractivity contribution in [2.45, 2.75) is 26.3 Å². The van der Waals surface area contributed by atoms with Crippen LogP contribution in [0.3, 0.4) is 0 Å². The summed E-state index contributed by atoms with van der Waals surface area (Å²) in [5.74, 6) is 2.40. The van der Waals surface area contributed by atoms with E-state index in [1.54, 1.807) is 11.0 Å². The summed E-state index contributed by atoms with van der Waals surface area (Å²) >= 11 is 0. The molecule has 1 aliphatic carbocycles. The highest BCUT2D eigenvalue weighted by Crippen LogP contribution is 2.44. The fraction of sp³-hybridized carbons (Fsp3) is 0.300. The first kappa shape index (κ1) is 25.9. The summed E-state index contributed by atoms with van der Waals surface area (Å²) in [6.07, 6.45) is 5.14. The van der Waals surface area contributed by atoms with Crippen molar-refractivity contribution in [3.05, 3.63) is 88.0 Å². The Hall–Kier alpha value is -3.70. The lowest BCUT2D eigenvalue weighted by molar-refractivity contribution is 0.0728. The van der Waals surface area contributed by atoms with Crippen LogP contribution < -0.4 is 5.46 Å². The summed E-state index contributed by atoms with van der Waals surface area (Å²) in [6.45, 7) is 0.334. The third kappa shape index (κ3) is 4.79. The van der Waals surface area contributed by atoms with Gasteiger partial charge in [0.2, 0.25) is 0 Å². The number of ether oxygens (including phenoxy) is 1. The summed E-state index contributed by atoms with van der Waals surface area (Å²) in [6, 6.07) is 18.1. The highest BCUT2D eigenvalue weighted by molar-refractivity contribution is 6.74. The van der Waals surface area contributed by atoms with Crippen LogP contribution in [0.4, 0.5) is 17.7 Å². The van der Waals surface area contributed by atoms with Gasteiger partial charge < -0.3 is 22.6 Å². The molecule has 0 bridgehead atoms. The van der Waals surface area contributed by atoms with Gasteiger partial charge in [-0.05, 0) is 47.7 Å². The van der Waals surface area contributed by atoms with Crippen molar-refractivity contribution >= 4 is 18.5 Å². The third-order valence-electron chi connectivity index (χ3n) is 7.86. The quantitative estimate of drug-likeness (QED) is 0.336. The number of piperazine rings is 1. The van der Waals surface area contributed by atoms with Crippen LogP contribution in [0, 0.1) is 26.2 Å². The molecule has 1 fully saturated rings. The van der Waals surface area contributed by atoms with Crippen LogP contribution in [-0.2, 0) is 11.3 Å². The van der Waals surface area contributed by atoms with E-state index in [2.05, 4.69) is 35.1 Å². The lowest BCUT2D eigenvalue weighted by Crippen LogP contribution is -2.49. The number of carbonyl (C=O) groups is 1. The van der Waals surface area contributed by atoms with Crippen molar-refractivity contribution in [3.63, 3.8) is 0 Å². The van der Waals surface area contributed by atoms with Gasteiger partial charge in [0.25, 0.3) is 0 Å². The number of amides is 1. The number of hydrogen-bond donors (Lipinski definition) is 0. The highest BCUT2D eigenvalue weighted by atomic mass is 19.4. The Labute approximate surface area is 221 Å². The average Bonchev–Trinajstić information content (AvgIpc) is 3.22. The maximum Gasteiger partial charge on any atom is 0.510 e. The van der Waals surface area contributed by atoms with E-state index in [0.29, 0.717) is 38.3 Å². The number of benzene rings is 3. The molecule has 196 valence electrons. The Morgan fingerprint density at radius 2 is 1.55 bits per heavy atom. The third-order valence-corrected chi connectivity index (χ3v) is 7.86. The summed E-state index contributed by atoms with van der Waals surface area (Å²) in [7, 11) is 0. The molecule has 3 aromatic rings. The molecular formula is C30H29BF3N2O2-. The van der Waals surface area contributed by atoms with Crippen LogP contribution in [0.5, 0.6) is 0 Å². The zero-order chi connectivity index (χ0) is 27.0. The Morgan fingerprint density at radius 3 is 2.11 bits per heavy atom. The van der Waals surface area contributed by atoms with E-state index < -0.39 is 12.4 Å². The van der Waals surface area contributed by atoms with E-state index >= 15 is 0 Å². The van der Waals surface area contributed by atoms with E-state index in [1.807, 2.05) is 24.3 Å². The zero-order valence-electron chi connectivity index (χ0n) is 21.5. The molecule has 1 amide bonds. The number of carbonyl (C=O) groups excluding carboxylic acids is 1. The van der Waals surface area contributed by atoms with Crippen LogP contribution >= 0.6 is 0 Å². The molecule has 0 saturated carbocycles. The summed E-state index contributed by atoms with van der Waals surface area (Å²) in [5.41, 5.74) is 5.27. The van der Waals surface area contributed by atoms with Gasteiger partial charge in [0.1, 0.15) is 6.61 Å². The fourth-order valence-electron chi connectivity index (χ4n) is 5.81.